The molecule has 0 saturated carbocycles. The van der Waals surface area contributed by atoms with Gasteiger partial charge in [-0.2, -0.15) is 0 Å². The molecule has 322 valence electrons. The Morgan fingerprint density at radius 3 is 2.06 bits per heavy atom. The third kappa shape index (κ3) is 8.48. The minimum Gasteiger partial charge on any atom is -0.508 e. The Hall–Kier alpha value is -5.56. The fraction of sp³-hybridized carbons (Fsp3) is 0.388. The smallest absolute Gasteiger partial charge is 0.262 e. The van der Waals surface area contributed by atoms with Crippen molar-refractivity contribution >= 4 is 52.1 Å². The van der Waals surface area contributed by atoms with Crippen molar-refractivity contribution in [2.45, 2.75) is 63.1 Å². The van der Waals surface area contributed by atoms with E-state index < -0.39 is 35.5 Å². The van der Waals surface area contributed by atoms with Gasteiger partial charge in [-0.1, -0.05) is 54.6 Å². The molecule has 2 bridgehead atoms. The Balaban J connectivity index is 0.768. The Labute approximate surface area is 366 Å². The average Bonchev–Trinajstić information content (AvgIpc) is 3.67. The van der Waals surface area contributed by atoms with E-state index in [0.717, 1.165) is 110 Å². The standard InChI is InChI=1S/C49H51ClFN5O6/c50-21-18-39(32-4-2-1-3-5-32)46(33-6-12-37(57)13-7-33)34-8-14-38(15-9-34)62-25-24-53-22-19-31(20-23-53)28-54-29-35-10-11-36(30-54)55(35)44-27-41-40(26-42(44)51)48(60)56(49(41)61)43-16-17-45(58)52-47(43)59/h1-9,12-15,26-27,31,35-36,43,57H,10-11,16-25,28-30H2,(H,52,58,59). The molecule has 13 heteroatoms. The second-order valence-electron chi connectivity index (χ2n) is 17.2. The number of piperidine rings is 2. The fourth-order valence-corrected chi connectivity index (χ4v) is 10.5. The van der Waals surface area contributed by atoms with Gasteiger partial charge in [-0.15, -0.1) is 11.6 Å². The number of phenolic OH excluding ortho intramolecular Hbond substituents is 1. The first kappa shape index (κ1) is 41.8. The quantitative estimate of drug-likeness (QED) is 0.0835. The predicted octanol–water partition coefficient (Wildman–Crippen LogP) is 6.96. The van der Waals surface area contributed by atoms with E-state index in [9.17, 15) is 24.3 Å². The van der Waals surface area contributed by atoms with Crippen molar-refractivity contribution in [2.75, 3.05) is 56.7 Å². The summed E-state index contributed by atoms with van der Waals surface area (Å²) in [6, 6.07) is 27.6. The molecule has 0 aliphatic carbocycles. The van der Waals surface area contributed by atoms with E-state index in [0.29, 0.717) is 30.5 Å². The SMILES string of the molecule is O=C1CCC(N2C(=O)c3cc(F)c(N4C5CCC4CN(CC4CCN(CCOc6ccc(C(=C(CCCl)c7ccccc7)c7ccc(O)cc7)cc6)CC4)C5)cc3C2=O)C(=O)N1. The molecule has 4 aromatic carbocycles. The minimum absolute atomic E-state index is 0.0272. The van der Waals surface area contributed by atoms with E-state index >= 15 is 4.39 Å². The summed E-state index contributed by atoms with van der Waals surface area (Å²) in [7, 11) is 0. The topological polar surface area (TPSA) is 123 Å². The third-order valence-corrected chi connectivity index (χ3v) is 13.5. The minimum atomic E-state index is -1.09. The molecule has 3 atom stereocenters. The number of benzene rings is 4. The number of nitrogens with one attached hydrogen (secondary N) is 1. The van der Waals surface area contributed by atoms with Crippen LogP contribution in [0.25, 0.3) is 11.1 Å². The lowest BCUT2D eigenvalue weighted by atomic mass is 9.88. The lowest BCUT2D eigenvalue weighted by molar-refractivity contribution is -0.136. The van der Waals surface area contributed by atoms with Crippen LogP contribution in [0.1, 0.15) is 82.4 Å². The van der Waals surface area contributed by atoms with Crippen LogP contribution < -0.4 is 15.0 Å². The number of rotatable bonds is 13. The number of piperazine rings is 1. The summed E-state index contributed by atoms with van der Waals surface area (Å²) in [4.78, 5) is 59.0. The van der Waals surface area contributed by atoms with Gasteiger partial charge in [-0.3, -0.25) is 39.2 Å². The van der Waals surface area contributed by atoms with E-state index in [-0.39, 0.29) is 41.8 Å². The second kappa shape index (κ2) is 18.0. The van der Waals surface area contributed by atoms with Crippen LogP contribution in [0.5, 0.6) is 11.5 Å². The van der Waals surface area contributed by atoms with Crippen molar-refractivity contribution in [1.82, 2.24) is 20.0 Å². The third-order valence-electron chi connectivity index (χ3n) is 13.3. The Morgan fingerprint density at radius 2 is 1.42 bits per heavy atom. The number of amides is 4. The van der Waals surface area contributed by atoms with Crippen LogP contribution in [0, 0.1) is 11.7 Å². The molecule has 11 nitrogen and oxygen atoms in total. The molecule has 0 spiro atoms. The number of ether oxygens (including phenoxy) is 1. The van der Waals surface area contributed by atoms with E-state index in [2.05, 4.69) is 44.3 Å². The summed E-state index contributed by atoms with van der Waals surface area (Å²) in [5.74, 6) is -0.898. The van der Waals surface area contributed by atoms with Gasteiger partial charge in [0.25, 0.3) is 11.8 Å². The van der Waals surface area contributed by atoms with Crippen LogP contribution in [0.15, 0.2) is 91.0 Å². The van der Waals surface area contributed by atoms with Crippen LogP contribution in [0.2, 0.25) is 0 Å². The van der Waals surface area contributed by atoms with Crippen molar-refractivity contribution in [3.63, 3.8) is 0 Å². The first-order valence-corrected chi connectivity index (χ1v) is 22.3. The number of carbonyl (C=O) groups is 4. The molecular formula is C49H51ClFN5O6. The monoisotopic (exact) mass is 859 g/mol. The van der Waals surface area contributed by atoms with Gasteiger partial charge in [0.1, 0.15) is 30.0 Å². The van der Waals surface area contributed by atoms with Crippen molar-refractivity contribution in [1.29, 1.82) is 0 Å². The number of imide groups is 2. The molecule has 2 N–H and O–H groups in total. The highest BCUT2D eigenvalue weighted by Gasteiger charge is 2.47. The summed E-state index contributed by atoms with van der Waals surface area (Å²) in [5.41, 5.74) is 5.79. The highest BCUT2D eigenvalue weighted by molar-refractivity contribution is 6.24. The summed E-state index contributed by atoms with van der Waals surface area (Å²) in [6.45, 7) is 6.05. The number of likely N-dealkylation sites (tertiary alicyclic amines) is 2. The van der Waals surface area contributed by atoms with E-state index in [1.807, 2.05) is 42.5 Å². The number of aromatic hydroxyl groups is 1. The number of alkyl halides is 1. The summed E-state index contributed by atoms with van der Waals surface area (Å²) in [6.07, 6.45) is 4.82. The first-order chi connectivity index (χ1) is 30.1. The number of phenols is 1. The maximum absolute atomic E-state index is 15.8. The van der Waals surface area contributed by atoms with Crippen LogP contribution in [0.4, 0.5) is 10.1 Å². The number of hydrogen-bond acceptors (Lipinski definition) is 9. The maximum Gasteiger partial charge on any atom is 0.262 e. The normalized spacial score (nSPS) is 22.5. The number of nitrogens with zero attached hydrogens (tertiary/aromatic N) is 4. The van der Waals surface area contributed by atoms with Crippen molar-refractivity contribution in [2.24, 2.45) is 5.92 Å². The van der Waals surface area contributed by atoms with Gasteiger partial charge in [-0.25, -0.2) is 4.39 Å². The molecule has 4 fully saturated rings. The van der Waals surface area contributed by atoms with Crippen LogP contribution in [-0.2, 0) is 9.59 Å². The molecule has 4 aromatic rings. The van der Waals surface area contributed by atoms with E-state index in [1.165, 1.54) is 6.07 Å². The number of halogens is 2. The zero-order chi connectivity index (χ0) is 42.9. The summed E-state index contributed by atoms with van der Waals surface area (Å²) < 4.78 is 22.1. The second-order valence-corrected chi connectivity index (χ2v) is 17.5. The number of hydrogen-bond donors (Lipinski definition) is 2. The Bertz CT molecular complexity index is 2350. The maximum atomic E-state index is 15.8. The molecule has 5 aliphatic heterocycles. The van der Waals surface area contributed by atoms with E-state index in [4.69, 9.17) is 16.3 Å². The average molecular weight is 860 g/mol. The summed E-state index contributed by atoms with van der Waals surface area (Å²) >= 11 is 6.33. The van der Waals surface area contributed by atoms with Crippen molar-refractivity contribution < 1.29 is 33.4 Å². The fourth-order valence-electron chi connectivity index (χ4n) is 10.3. The molecule has 5 aliphatic rings. The number of carbonyl (C=O) groups excluding carboxylic acids is 4. The van der Waals surface area contributed by atoms with Gasteiger partial charge < -0.3 is 14.7 Å². The lowest BCUT2D eigenvalue weighted by Gasteiger charge is -2.44. The molecule has 0 aromatic heterocycles. The molecule has 62 heavy (non-hydrogen) atoms. The van der Waals surface area contributed by atoms with Gasteiger partial charge in [-0.05, 0) is 122 Å². The van der Waals surface area contributed by atoms with Gasteiger partial charge in [0.05, 0.1) is 16.8 Å². The van der Waals surface area contributed by atoms with Crippen LogP contribution >= 0.6 is 11.6 Å². The zero-order valence-electron chi connectivity index (χ0n) is 34.6. The number of fused-ring (bicyclic) bond motifs is 3. The Morgan fingerprint density at radius 1 is 0.774 bits per heavy atom. The van der Waals surface area contributed by atoms with Crippen molar-refractivity contribution in [3.05, 3.63) is 125 Å². The molecule has 3 unspecified atom stereocenters. The Kier molecular flexibility index (Phi) is 12.2. The van der Waals surface area contributed by atoms with Gasteiger partial charge in [0, 0.05) is 50.6 Å². The molecule has 9 rings (SSSR count). The van der Waals surface area contributed by atoms with Gasteiger partial charge >= 0.3 is 0 Å². The summed E-state index contributed by atoms with van der Waals surface area (Å²) in [5, 5.41) is 12.2. The highest BCUT2D eigenvalue weighted by atomic mass is 35.5. The predicted molar refractivity (Wildman–Crippen MR) is 236 cm³/mol. The molecule has 5 heterocycles. The van der Waals surface area contributed by atoms with Gasteiger partial charge in [0.15, 0.2) is 0 Å². The molecule has 0 radical (unpaired) electrons. The van der Waals surface area contributed by atoms with Crippen LogP contribution in [-0.4, -0.2) is 113 Å². The number of anilines is 1. The van der Waals surface area contributed by atoms with E-state index in [1.54, 1.807) is 12.1 Å². The van der Waals surface area contributed by atoms with Crippen molar-refractivity contribution in [3.8, 4) is 11.5 Å². The number of allylic oxidation sites excluding steroid dienone is 1. The van der Waals surface area contributed by atoms with Gasteiger partial charge in [0.2, 0.25) is 11.8 Å². The molecular weight excluding hydrogens is 809 g/mol. The zero-order valence-corrected chi connectivity index (χ0v) is 35.4. The molecule has 4 saturated heterocycles. The largest absolute Gasteiger partial charge is 0.508 e. The molecule has 4 amide bonds. The van der Waals surface area contributed by atoms with Crippen LogP contribution in [0.3, 0.4) is 0 Å². The first-order valence-electron chi connectivity index (χ1n) is 21.8. The highest BCUT2D eigenvalue weighted by Crippen LogP contribution is 2.41. The lowest BCUT2D eigenvalue weighted by Crippen LogP contribution is -2.55.